The number of nitriles is 1. The molecule has 0 bridgehead atoms. The van der Waals surface area contributed by atoms with Crippen LogP contribution in [-0.2, 0) is 9.84 Å². The van der Waals surface area contributed by atoms with E-state index in [0.29, 0.717) is 11.4 Å². The van der Waals surface area contributed by atoms with Gasteiger partial charge in [-0.3, -0.25) is 0 Å². The first-order valence-corrected chi connectivity index (χ1v) is 7.87. The quantitative estimate of drug-likeness (QED) is 0.858. The Morgan fingerprint density at radius 2 is 1.91 bits per heavy atom. The lowest BCUT2D eigenvalue weighted by Crippen LogP contribution is -2.05. The summed E-state index contributed by atoms with van der Waals surface area (Å²) in [6.45, 7) is 0. The van der Waals surface area contributed by atoms with Gasteiger partial charge in [-0.05, 0) is 24.3 Å². The van der Waals surface area contributed by atoms with Crippen LogP contribution in [0.15, 0.2) is 70.6 Å². The number of methoxy groups -OCH3 is 1. The van der Waals surface area contributed by atoms with Crippen LogP contribution in [0.3, 0.4) is 0 Å². The number of hydrogen-bond donors (Lipinski definition) is 1. The first kappa shape index (κ1) is 15.6. The molecule has 0 saturated carbocycles. The minimum Gasteiger partial charge on any atom is -0.497 e. The van der Waals surface area contributed by atoms with Crippen molar-refractivity contribution in [3.05, 3.63) is 65.7 Å². The summed E-state index contributed by atoms with van der Waals surface area (Å²) in [5, 5.41) is 11.9. The van der Waals surface area contributed by atoms with Gasteiger partial charge in [-0.2, -0.15) is 5.26 Å². The third kappa shape index (κ3) is 3.45. The first-order valence-electron chi connectivity index (χ1n) is 6.39. The Labute approximate surface area is 129 Å². The molecule has 0 unspecified atom stereocenters. The van der Waals surface area contributed by atoms with E-state index in [0.717, 1.165) is 0 Å². The molecule has 0 heterocycles. The van der Waals surface area contributed by atoms with Gasteiger partial charge in [-0.15, -0.1) is 0 Å². The molecule has 0 saturated heterocycles. The number of hydrogen-bond acceptors (Lipinski definition) is 5. The molecule has 0 aliphatic heterocycles. The van der Waals surface area contributed by atoms with Crippen molar-refractivity contribution in [3.8, 4) is 11.8 Å². The van der Waals surface area contributed by atoms with Gasteiger partial charge in [0.1, 0.15) is 11.8 Å². The third-order valence-corrected chi connectivity index (χ3v) is 4.57. The molecule has 22 heavy (non-hydrogen) atoms. The molecule has 0 spiro atoms. The molecule has 1 N–H and O–H groups in total. The Bertz CT molecular complexity index is 822. The van der Waals surface area contributed by atoms with Crippen LogP contribution in [0, 0.1) is 11.3 Å². The second kappa shape index (κ2) is 6.78. The van der Waals surface area contributed by atoms with E-state index in [-0.39, 0.29) is 9.80 Å². The number of allylic oxidation sites excluding steroid dienone is 1. The highest BCUT2D eigenvalue weighted by Crippen LogP contribution is 2.20. The maximum Gasteiger partial charge on any atom is 0.218 e. The molecular formula is C16H14N2O3S. The monoisotopic (exact) mass is 314 g/mol. The second-order valence-corrected chi connectivity index (χ2v) is 6.23. The Hall–Kier alpha value is -2.78. The zero-order valence-electron chi connectivity index (χ0n) is 11.9. The van der Waals surface area contributed by atoms with Crippen LogP contribution >= 0.6 is 0 Å². The minimum absolute atomic E-state index is 0.0789. The normalized spacial score (nSPS) is 11.5. The van der Waals surface area contributed by atoms with E-state index in [9.17, 15) is 8.42 Å². The Kier molecular flexibility index (Phi) is 4.81. The standard InChI is InChI=1S/C16H14N2O3S/c1-21-14-7-5-6-13(10-14)18-12-16(11-17)22(19,20)15-8-3-2-4-9-15/h2-10,12,18H,1H3/b16-12+. The predicted molar refractivity (Wildman–Crippen MR) is 83.9 cm³/mol. The molecule has 0 amide bonds. The van der Waals surface area contributed by atoms with Crippen LogP contribution in [0.1, 0.15) is 0 Å². The van der Waals surface area contributed by atoms with E-state index >= 15 is 0 Å². The minimum atomic E-state index is -3.83. The van der Waals surface area contributed by atoms with Gasteiger partial charge in [0.25, 0.3) is 0 Å². The summed E-state index contributed by atoms with van der Waals surface area (Å²) in [6.07, 6.45) is 1.18. The third-order valence-electron chi connectivity index (χ3n) is 2.89. The maximum atomic E-state index is 12.4. The molecule has 0 atom stereocenters. The molecule has 112 valence electrons. The first-order chi connectivity index (χ1) is 10.6. The van der Waals surface area contributed by atoms with E-state index in [1.807, 2.05) is 0 Å². The topological polar surface area (TPSA) is 79.2 Å². The summed E-state index contributed by atoms with van der Waals surface area (Å²) in [7, 11) is -2.29. The number of ether oxygens (including phenoxy) is 1. The SMILES string of the molecule is COc1cccc(N/C=C(\C#N)S(=O)(=O)c2ccccc2)c1. The molecule has 2 rings (SSSR count). The number of nitrogens with zero attached hydrogens (tertiary/aromatic N) is 1. The zero-order chi connectivity index (χ0) is 16.0. The summed E-state index contributed by atoms with van der Waals surface area (Å²) < 4.78 is 29.8. The van der Waals surface area contributed by atoms with Crippen LogP contribution in [0.2, 0.25) is 0 Å². The zero-order valence-corrected chi connectivity index (χ0v) is 12.7. The highest BCUT2D eigenvalue weighted by Gasteiger charge is 2.20. The average molecular weight is 314 g/mol. The van der Waals surface area contributed by atoms with Crippen molar-refractivity contribution < 1.29 is 13.2 Å². The molecule has 6 heteroatoms. The Morgan fingerprint density at radius 3 is 2.55 bits per heavy atom. The largest absolute Gasteiger partial charge is 0.497 e. The highest BCUT2D eigenvalue weighted by atomic mass is 32.2. The van der Waals surface area contributed by atoms with Crippen molar-refractivity contribution in [1.29, 1.82) is 5.26 Å². The number of nitrogens with one attached hydrogen (secondary N) is 1. The summed E-state index contributed by atoms with van der Waals surface area (Å²) in [6, 6.07) is 16.5. The van der Waals surface area contributed by atoms with Gasteiger partial charge in [-0.25, -0.2) is 8.42 Å². The van der Waals surface area contributed by atoms with Crippen LogP contribution in [-0.4, -0.2) is 15.5 Å². The molecule has 0 radical (unpaired) electrons. The number of benzene rings is 2. The van der Waals surface area contributed by atoms with Gasteiger partial charge in [0, 0.05) is 18.0 Å². The Balaban J connectivity index is 2.30. The van der Waals surface area contributed by atoms with Gasteiger partial charge in [0.2, 0.25) is 9.84 Å². The molecule has 2 aromatic carbocycles. The van der Waals surface area contributed by atoms with Gasteiger partial charge in [-0.1, -0.05) is 24.3 Å². The van der Waals surface area contributed by atoms with Crippen LogP contribution in [0.25, 0.3) is 0 Å². The van der Waals surface area contributed by atoms with E-state index in [1.165, 1.54) is 25.4 Å². The molecule has 0 aliphatic rings. The fourth-order valence-electron chi connectivity index (χ4n) is 1.76. The second-order valence-electron chi connectivity index (χ2n) is 4.31. The lowest BCUT2D eigenvalue weighted by Gasteiger charge is -2.06. The van der Waals surface area contributed by atoms with Gasteiger partial charge in [0.15, 0.2) is 4.91 Å². The summed E-state index contributed by atoms with van der Waals surface area (Å²) in [4.78, 5) is -0.281. The molecular weight excluding hydrogens is 300 g/mol. The molecule has 2 aromatic rings. The summed E-state index contributed by atoms with van der Waals surface area (Å²) in [5.41, 5.74) is 0.621. The van der Waals surface area contributed by atoms with E-state index < -0.39 is 9.84 Å². The van der Waals surface area contributed by atoms with Crippen molar-refractivity contribution in [3.63, 3.8) is 0 Å². The number of rotatable bonds is 5. The lowest BCUT2D eigenvalue weighted by molar-refractivity contribution is 0.415. The molecule has 0 aliphatic carbocycles. The molecule has 0 aromatic heterocycles. The summed E-state index contributed by atoms with van der Waals surface area (Å²) >= 11 is 0. The van der Waals surface area contributed by atoms with Crippen molar-refractivity contribution in [1.82, 2.24) is 0 Å². The number of anilines is 1. The summed E-state index contributed by atoms with van der Waals surface area (Å²) in [5.74, 6) is 0.628. The predicted octanol–water partition coefficient (Wildman–Crippen LogP) is 2.95. The van der Waals surface area contributed by atoms with Gasteiger partial charge >= 0.3 is 0 Å². The van der Waals surface area contributed by atoms with Gasteiger partial charge in [0.05, 0.1) is 12.0 Å². The van der Waals surface area contributed by atoms with Crippen LogP contribution in [0.4, 0.5) is 5.69 Å². The maximum absolute atomic E-state index is 12.4. The fraction of sp³-hybridized carbons (Fsp3) is 0.0625. The van der Waals surface area contributed by atoms with E-state index in [4.69, 9.17) is 10.00 Å². The number of sulfone groups is 1. The van der Waals surface area contributed by atoms with Crippen LogP contribution in [0.5, 0.6) is 5.75 Å². The smallest absolute Gasteiger partial charge is 0.218 e. The van der Waals surface area contributed by atoms with E-state index in [1.54, 1.807) is 48.5 Å². The Morgan fingerprint density at radius 1 is 1.18 bits per heavy atom. The van der Waals surface area contributed by atoms with Crippen molar-refractivity contribution in [2.75, 3.05) is 12.4 Å². The molecule has 5 nitrogen and oxygen atoms in total. The fourth-order valence-corrected chi connectivity index (χ4v) is 2.86. The van der Waals surface area contributed by atoms with Crippen molar-refractivity contribution in [2.45, 2.75) is 4.90 Å². The van der Waals surface area contributed by atoms with Crippen LogP contribution < -0.4 is 10.1 Å². The van der Waals surface area contributed by atoms with Crippen molar-refractivity contribution >= 4 is 15.5 Å². The van der Waals surface area contributed by atoms with Gasteiger partial charge < -0.3 is 10.1 Å². The van der Waals surface area contributed by atoms with Crippen molar-refractivity contribution in [2.24, 2.45) is 0 Å². The average Bonchev–Trinajstić information content (AvgIpc) is 2.56. The lowest BCUT2D eigenvalue weighted by atomic mass is 10.3. The molecule has 0 fully saturated rings. The van der Waals surface area contributed by atoms with E-state index in [2.05, 4.69) is 5.32 Å². The highest BCUT2D eigenvalue weighted by molar-refractivity contribution is 7.95.